The van der Waals surface area contributed by atoms with Gasteiger partial charge in [-0.3, -0.25) is 0 Å². The number of nitrogens with zero attached hydrogens (tertiary/aromatic N) is 1. The zero-order valence-corrected chi connectivity index (χ0v) is 13.5. The number of hydrogen-bond donors (Lipinski definition) is 2. The quantitative estimate of drug-likeness (QED) is 0.901. The Morgan fingerprint density at radius 2 is 2.30 bits per heavy atom. The third-order valence-electron chi connectivity index (χ3n) is 3.85. The minimum Gasteiger partial charge on any atom is -0.379 e. The lowest BCUT2D eigenvalue weighted by atomic mass is 10.0. The van der Waals surface area contributed by atoms with Crippen molar-refractivity contribution in [3.05, 3.63) is 28.0 Å². The first kappa shape index (κ1) is 14.0. The Bertz CT molecular complexity index is 610. The summed E-state index contributed by atoms with van der Waals surface area (Å²) in [5.41, 5.74) is 3.34. The van der Waals surface area contributed by atoms with Crippen LogP contribution in [-0.2, 0) is 4.74 Å². The molecule has 4 nitrogen and oxygen atoms in total. The van der Waals surface area contributed by atoms with Crippen LogP contribution < -0.4 is 5.32 Å². The molecule has 3 rings (SSSR count). The van der Waals surface area contributed by atoms with E-state index in [9.17, 15) is 0 Å². The average Bonchev–Trinajstić information content (AvgIpc) is 3.01. The lowest BCUT2D eigenvalue weighted by molar-refractivity contribution is 0.187. The number of fused-ring (bicyclic) bond motifs is 1. The Kier molecular flexibility index (Phi) is 4.10. The molecule has 1 saturated heterocycles. The summed E-state index contributed by atoms with van der Waals surface area (Å²) >= 11 is 3.54. The van der Waals surface area contributed by atoms with E-state index in [4.69, 9.17) is 9.72 Å². The van der Waals surface area contributed by atoms with Gasteiger partial charge in [-0.2, -0.15) is 0 Å². The van der Waals surface area contributed by atoms with Crippen molar-refractivity contribution in [2.45, 2.75) is 32.2 Å². The van der Waals surface area contributed by atoms with Gasteiger partial charge in [0.2, 0.25) is 0 Å². The Labute approximate surface area is 127 Å². The highest BCUT2D eigenvalue weighted by molar-refractivity contribution is 9.10. The van der Waals surface area contributed by atoms with Crippen LogP contribution in [0.5, 0.6) is 0 Å². The van der Waals surface area contributed by atoms with Gasteiger partial charge in [-0.15, -0.1) is 0 Å². The van der Waals surface area contributed by atoms with Crippen molar-refractivity contribution in [2.24, 2.45) is 0 Å². The molecule has 2 N–H and O–H groups in total. The minimum absolute atomic E-state index is 0.312. The van der Waals surface area contributed by atoms with Crippen LogP contribution in [0.1, 0.15) is 30.7 Å². The molecule has 1 aliphatic heterocycles. The molecular weight excluding hydrogens is 318 g/mol. The number of hydrogen-bond acceptors (Lipinski definition) is 3. The molecular formula is C15H20BrN3O. The molecule has 0 aliphatic carbocycles. The highest BCUT2D eigenvalue weighted by Gasteiger charge is 2.31. The SMILES string of the molecule is CCCNC1COCC1c1nc2c(C)cc(Br)cc2[nH]1. The number of ether oxygens (including phenoxy) is 1. The third-order valence-corrected chi connectivity index (χ3v) is 4.31. The predicted molar refractivity (Wildman–Crippen MR) is 84.2 cm³/mol. The highest BCUT2D eigenvalue weighted by Crippen LogP contribution is 2.28. The van der Waals surface area contributed by atoms with Crippen LogP contribution in [0.2, 0.25) is 0 Å². The summed E-state index contributed by atoms with van der Waals surface area (Å²) in [6, 6.07) is 4.55. The molecule has 0 amide bonds. The smallest absolute Gasteiger partial charge is 0.114 e. The van der Waals surface area contributed by atoms with Gasteiger partial charge in [0, 0.05) is 10.5 Å². The molecule has 2 unspecified atom stereocenters. The lowest BCUT2D eigenvalue weighted by Crippen LogP contribution is -2.35. The zero-order chi connectivity index (χ0) is 14.1. The first-order valence-corrected chi connectivity index (χ1v) is 7.95. The first-order valence-electron chi connectivity index (χ1n) is 7.16. The third kappa shape index (κ3) is 2.62. The Morgan fingerprint density at radius 1 is 1.45 bits per heavy atom. The summed E-state index contributed by atoms with van der Waals surface area (Å²) in [6.45, 7) is 6.80. The summed E-state index contributed by atoms with van der Waals surface area (Å²) in [4.78, 5) is 8.26. The fourth-order valence-corrected chi connectivity index (χ4v) is 3.37. The number of halogens is 1. The van der Waals surface area contributed by atoms with Gasteiger partial charge in [-0.1, -0.05) is 22.9 Å². The van der Waals surface area contributed by atoms with Crippen LogP contribution in [0.3, 0.4) is 0 Å². The van der Waals surface area contributed by atoms with E-state index >= 15 is 0 Å². The van der Waals surface area contributed by atoms with Crippen LogP contribution in [0, 0.1) is 6.92 Å². The van der Waals surface area contributed by atoms with E-state index in [1.54, 1.807) is 0 Å². The number of aryl methyl sites for hydroxylation is 1. The van der Waals surface area contributed by atoms with Crippen molar-refractivity contribution in [2.75, 3.05) is 19.8 Å². The number of aromatic amines is 1. The Balaban J connectivity index is 1.91. The number of benzene rings is 1. The molecule has 20 heavy (non-hydrogen) atoms. The highest BCUT2D eigenvalue weighted by atomic mass is 79.9. The molecule has 2 heterocycles. The second kappa shape index (κ2) is 5.84. The standard InChI is InChI=1S/C15H20BrN3O/c1-3-4-17-13-8-20-7-11(13)15-18-12-6-10(16)5-9(2)14(12)19-15/h5-6,11,13,17H,3-4,7-8H2,1-2H3,(H,18,19). The van der Waals surface area contributed by atoms with E-state index in [1.165, 1.54) is 5.56 Å². The van der Waals surface area contributed by atoms with E-state index in [2.05, 4.69) is 52.2 Å². The van der Waals surface area contributed by atoms with Crippen LogP contribution in [-0.4, -0.2) is 35.8 Å². The molecule has 1 aromatic heterocycles. The van der Waals surface area contributed by atoms with Gasteiger partial charge in [-0.25, -0.2) is 4.98 Å². The van der Waals surface area contributed by atoms with Gasteiger partial charge >= 0.3 is 0 Å². The summed E-state index contributed by atoms with van der Waals surface area (Å²) < 4.78 is 6.72. The van der Waals surface area contributed by atoms with Crippen molar-refractivity contribution in [1.82, 2.24) is 15.3 Å². The Morgan fingerprint density at radius 3 is 3.10 bits per heavy atom. The summed E-state index contributed by atoms with van der Waals surface area (Å²) in [6.07, 6.45) is 1.13. The largest absolute Gasteiger partial charge is 0.379 e. The monoisotopic (exact) mass is 337 g/mol. The van der Waals surface area contributed by atoms with Crippen molar-refractivity contribution >= 4 is 27.0 Å². The lowest BCUT2D eigenvalue weighted by Gasteiger charge is -2.16. The fourth-order valence-electron chi connectivity index (χ4n) is 2.80. The number of H-pyrrole nitrogens is 1. The van der Waals surface area contributed by atoms with Gasteiger partial charge in [0.05, 0.1) is 30.2 Å². The van der Waals surface area contributed by atoms with E-state index in [0.717, 1.165) is 47.5 Å². The van der Waals surface area contributed by atoms with Gasteiger partial charge < -0.3 is 15.0 Å². The van der Waals surface area contributed by atoms with E-state index in [-0.39, 0.29) is 0 Å². The molecule has 108 valence electrons. The molecule has 0 radical (unpaired) electrons. The maximum absolute atomic E-state index is 5.64. The molecule has 2 atom stereocenters. The molecule has 1 fully saturated rings. The maximum atomic E-state index is 5.64. The zero-order valence-electron chi connectivity index (χ0n) is 11.9. The maximum Gasteiger partial charge on any atom is 0.114 e. The Hall–Kier alpha value is -0.910. The van der Waals surface area contributed by atoms with Gasteiger partial charge in [0.25, 0.3) is 0 Å². The van der Waals surface area contributed by atoms with Crippen molar-refractivity contribution in [3.63, 3.8) is 0 Å². The van der Waals surface area contributed by atoms with E-state index < -0.39 is 0 Å². The first-order chi connectivity index (χ1) is 9.69. The van der Waals surface area contributed by atoms with Crippen LogP contribution >= 0.6 is 15.9 Å². The molecule has 1 aromatic carbocycles. The molecule has 0 spiro atoms. The van der Waals surface area contributed by atoms with Crippen molar-refractivity contribution in [1.29, 1.82) is 0 Å². The number of nitrogens with one attached hydrogen (secondary N) is 2. The second-order valence-electron chi connectivity index (χ2n) is 5.45. The summed E-state index contributed by atoms with van der Waals surface area (Å²) in [5.74, 6) is 1.35. The normalized spacial score (nSPS) is 22.8. The molecule has 0 bridgehead atoms. The molecule has 5 heteroatoms. The predicted octanol–water partition coefficient (Wildman–Crippen LogP) is 3.12. The molecule has 2 aromatic rings. The van der Waals surface area contributed by atoms with Gasteiger partial charge in [0.15, 0.2) is 0 Å². The van der Waals surface area contributed by atoms with Crippen LogP contribution in [0.25, 0.3) is 11.0 Å². The summed E-state index contributed by atoms with van der Waals surface area (Å²) in [5, 5.41) is 3.56. The fraction of sp³-hybridized carbons (Fsp3) is 0.533. The minimum atomic E-state index is 0.312. The van der Waals surface area contributed by atoms with Crippen LogP contribution in [0.15, 0.2) is 16.6 Å². The topological polar surface area (TPSA) is 49.9 Å². The second-order valence-corrected chi connectivity index (χ2v) is 6.36. The summed E-state index contributed by atoms with van der Waals surface area (Å²) in [7, 11) is 0. The molecule has 0 saturated carbocycles. The van der Waals surface area contributed by atoms with Crippen LogP contribution in [0.4, 0.5) is 0 Å². The van der Waals surface area contributed by atoms with Crippen molar-refractivity contribution < 1.29 is 4.74 Å². The average molecular weight is 338 g/mol. The number of aromatic nitrogens is 2. The van der Waals surface area contributed by atoms with Gasteiger partial charge in [-0.05, 0) is 37.6 Å². The number of rotatable bonds is 4. The van der Waals surface area contributed by atoms with E-state index in [1.807, 2.05) is 0 Å². The number of imidazole rings is 1. The van der Waals surface area contributed by atoms with Crippen molar-refractivity contribution in [3.8, 4) is 0 Å². The van der Waals surface area contributed by atoms with Gasteiger partial charge in [0.1, 0.15) is 5.82 Å². The molecule has 1 aliphatic rings. The van der Waals surface area contributed by atoms with E-state index in [0.29, 0.717) is 12.0 Å².